The van der Waals surface area contributed by atoms with E-state index in [1.54, 1.807) is 13.2 Å². The van der Waals surface area contributed by atoms with E-state index in [-0.39, 0.29) is 12.1 Å². The lowest BCUT2D eigenvalue weighted by molar-refractivity contribution is 0.0511. The van der Waals surface area contributed by atoms with Gasteiger partial charge in [0.15, 0.2) is 0 Å². The first-order valence-corrected chi connectivity index (χ1v) is 6.84. The maximum atomic E-state index is 6.18. The van der Waals surface area contributed by atoms with Gasteiger partial charge in [0.1, 0.15) is 0 Å². The molecule has 0 aromatic heterocycles. The average Bonchev–Trinajstić information content (AvgIpc) is 3.16. The first-order valence-electron chi connectivity index (χ1n) is 6.08. The minimum absolute atomic E-state index is 0.0705. The van der Waals surface area contributed by atoms with Gasteiger partial charge in [0.25, 0.3) is 0 Å². The van der Waals surface area contributed by atoms with Gasteiger partial charge in [-0.2, -0.15) is 0 Å². The summed E-state index contributed by atoms with van der Waals surface area (Å²) in [6, 6.07) is 5.61. The van der Waals surface area contributed by atoms with Gasteiger partial charge in [-0.05, 0) is 42.9 Å². The maximum absolute atomic E-state index is 6.18. The van der Waals surface area contributed by atoms with E-state index < -0.39 is 0 Å². The minimum atomic E-state index is 0.0705. The third kappa shape index (κ3) is 3.37. The molecule has 1 aliphatic rings. The number of nitrogens with one attached hydrogen (secondary N) is 1. The normalized spacial score (nSPS) is 18.7. The Labute approximate surface area is 118 Å². The Balaban J connectivity index is 2.09. The van der Waals surface area contributed by atoms with E-state index in [2.05, 4.69) is 5.43 Å². The Morgan fingerprint density at radius 1 is 1.44 bits per heavy atom. The van der Waals surface area contributed by atoms with Crippen molar-refractivity contribution in [2.45, 2.75) is 31.4 Å². The molecular formula is C13H18Cl2N2O. The lowest BCUT2D eigenvalue weighted by atomic mass is 9.98. The van der Waals surface area contributed by atoms with Gasteiger partial charge in [0.05, 0.1) is 12.1 Å². The molecule has 1 aromatic rings. The Kier molecular flexibility index (Phi) is 4.87. The zero-order valence-electron chi connectivity index (χ0n) is 10.3. The van der Waals surface area contributed by atoms with Crippen molar-refractivity contribution in [2.75, 3.05) is 7.11 Å². The Bertz CT molecular complexity index is 410. The number of hydrogen-bond acceptors (Lipinski definition) is 3. The Morgan fingerprint density at radius 3 is 2.67 bits per heavy atom. The molecule has 0 aliphatic heterocycles. The molecule has 0 amide bonds. The van der Waals surface area contributed by atoms with Crippen molar-refractivity contribution in [2.24, 2.45) is 11.8 Å². The van der Waals surface area contributed by atoms with Crippen LogP contribution < -0.4 is 11.3 Å². The zero-order valence-corrected chi connectivity index (χ0v) is 11.8. The maximum Gasteiger partial charge on any atom is 0.0769 e. The number of halogens is 2. The van der Waals surface area contributed by atoms with Crippen molar-refractivity contribution in [3.8, 4) is 0 Å². The highest BCUT2D eigenvalue weighted by atomic mass is 35.5. The van der Waals surface area contributed by atoms with Crippen LogP contribution in [0.1, 0.15) is 18.4 Å². The van der Waals surface area contributed by atoms with Crippen molar-refractivity contribution in [1.29, 1.82) is 0 Å². The topological polar surface area (TPSA) is 47.3 Å². The molecule has 1 aliphatic carbocycles. The molecule has 1 aromatic carbocycles. The molecule has 2 unspecified atom stereocenters. The van der Waals surface area contributed by atoms with Crippen LogP contribution in [0.3, 0.4) is 0 Å². The summed E-state index contributed by atoms with van der Waals surface area (Å²) in [7, 11) is 1.73. The van der Waals surface area contributed by atoms with Crippen molar-refractivity contribution in [1.82, 2.24) is 5.43 Å². The summed E-state index contributed by atoms with van der Waals surface area (Å²) in [6.45, 7) is 0. The highest BCUT2D eigenvalue weighted by molar-refractivity contribution is 6.35. The summed E-state index contributed by atoms with van der Waals surface area (Å²) >= 11 is 12.1. The van der Waals surface area contributed by atoms with Crippen LogP contribution in [0, 0.1) is 5.92 Å². The van der Waals surface area contributed by atoms with Crippen LogP contribution in [-0.2, 0) is 11.2 Å². The first-order chi connectivity index (χ1) is 8.65. The molecular weight excluding hydrogens is 271 g/mol. The number of ether oxygens (including phenoxy) is 1. The van der Waals surface area contributed by atoms with Gasteiger partial charge in [-0.1, -0.05) is 29.3 Å². The second-order valence-corrected chi connectivity index (χ2v) is 5.59. The van der Waals surface area contributed by atoms with Crippen LogP contribution in [0.5, 0.6) is 0 Å². The lowest BCUT2D eigenvalue weighted by Gasteiger charge is -2.25. The quantitative estimate of drug-likeness (QED) is 0.625. The van der Waals surface area contributed by atoms with Crippen LogP contribution in [0.15, 0.2) is 18.2 Å². The molecule has 100 valence electrons. The number of nitrogens with two attached hydrogens (primary N) is 1. The smallest absolute Gasteiger partial charge is 0.0769 e. The van der Waals surface area contributed by atoms with E-state index in [0.717, 1.165) is 12.0 Å². The predicted octanol–water partition coefficient (Wildman–Crippen LogP) is 2.79. The fourth-order valence-corrected chi connectivity index (χ4v) is 2.79. The fourth-order valence-electron chi connectivity index (χ4n) is 2.30. The zero-order chi connectivity index (χ0) is 13.1. The summed E-state index contributed by atoms with van der Waals surface area (Å²) < 4.78 is 5.55. The van der Waals surface area contributed by atoms with Gasteiger partial charge in [-0.25, -0.2) is 0 Å². The number of hydrogen-bond donors (Lipinski definition) is 2. The van der Waals surface area contributed by atoms with Crippen molar-refractivity contribution < 1.29 is 4.74 Å². The van der Waals surface area contributed by atoms with Crippen LogP contribution in [-0.4, -0.2) is 19.3 Å². The monoisotopic (exact) mass is 288 g/mol. The van der Waals surface area contributed by atoms with Gasteiger partial charge in [-0.15, -0.1) is 0 Å². The average molecular weight is 289 g/mol. The van der Waals surface area contributed by atoms with E-state index in [4.69, 9.17) is 33.8 Å². The molecule has 3 N–H and O–H groups in total. The fraction of sp³-hybridized carbons (Fsp3) is 0.538. The van der Waals surface area contributed by atoms with Crippen molar-refractivity contribution in [3.63, 3.8) is 0 Å². The number of benzene rings is 1. The van der Waals surface area contributed by atoms with Gasteiger partial charge in [0.2, 0.25) is 0 Å². The number of methoxy groups -OCH3 is 1. The second kappa shape index (κ2) is 6.22. The highest BCUT2D eigenvalue weighted by Gasteiger charge is 2.36. The summed E-state index contributed by atoms with van der Waals surface area (Å²) in [4.78, 5) is 0. The molecule has 1 fully saturated rings. The first kappa shape index (κ1) is 14.1. The third-order valence-electron chi connectivity index (χ3n) is 3.42. The third-order valence-corrected chi connectivity index (χ3v) is 4.01. The molecule has 2 rings (SSSR count). The molecule has 5 heteroatoms. The van der Waals surface area contributed by atoms with E-state index >= 15 is 0 Å². The number of hydrazine groups is 1. The molecule has 0 radical (unpaired) electrons. The van der Waals surface area contributed by atoms with E-state index in [0.29, 0.717) is 16.0 Å². The van der Waals surface area contributed by atoms with E-state index in [1.807, 2.05) is 12.1 Å². The molecule has 1 saturated carbocycles. The lowest BCUT2D eigenvalue weighted by Crippen LogP contribution is -2.47. The van der Waals surface area contributed by atoms with Gasteiger partial charge < -0.3 is 4.74 Å². The molecule has 3 nitrogen and oxygen atoms in total. The predicted molar refractivity (Wildman–Crippen MR) is 74.8 cm³/mol. The molecule has 0 saturated heterocycles. The molecule has 0 heterocycles. The summed E-state index contributed by atoms with van der Waals surface area (Å²) in [5.41, 5.74) is 3.88. The summed E-state index contributed by atoms with van der Waals surface area (Å²) in [5, 5.41) is 1.32. The SMILES string of the molecule is COC(C1CC1)C(Cc1ccc(Cl)cc1Cl)NN. The van der Waals surface area contributed by atoms with Crippen LogP contribution in [0.4, 0.5) is 0 Å². The standard InChI is InChI=1S/C13H18Cl2N2O/c1-18-13(8-2-3-8)12(17-16)6-9-4-5-10(14)7-11(9)15/h4-5,7-8,12-13,17H,2-3,6,16H2,1H3. The minimum Gasteiger partial charge on any atom is -0.379 e. The van der Waals surface area contributed by atoms with Crippen molar-refractivity contribution in [3.05, 3.63) is 33.8 Å². The van der Waals surface area contributed by atoms with Gasteiger partial charge in [0, 0.05) is 17.2 Å². The van der Waals surface area contributed by atoms with E-state index in [1.165, 1.54) is 12.8 Å². The van der Waals surface area contributed by atoms with Crippen LogP contribution in [0.2, 0.25) is 10.0 Å². The Morgan fingerprint density at radius 2 is 2.17 bits per heavy atom. The molecule has 0 bridgehead atoms. The summed E-state index contributed by atoms with van der Waals surface area (Å²) in [6.07, 6.45) is 3.30. The Hall–Kier alpha value is -0.320. The molecule has 18 heavy (non-hydrogen) atoms. The van der Waals surface area contributed by atoms with Crippen molar-refractivity contribution >= 4 is 23.2 Å². The number of rotatable bonds is 6. The highest BCUT2D eigenvalue weighted by Crippen LogP contribution is 2.36. The molecule has 2 atom stereocenters. The van der Waals surface area contributed by atoms with Crippen LogP contribution >= 0.6 is 23.2 Å². The van der Waals surface area contributed by atoms with Crippen LogP contribution in [0.25, 0.3) is 0 Å². The largest absolute Gasteiger partial charge is 0.379 e. The van der Waals surface area contributed by atoms with E-state index in [9.17, 15) is 0 Å². The summed E-state index contributed by atoms with van der Waals surface area (Å²) in [5.74, 6) is 6.26. The molecule has 0 spiro atoms. The second-order valence-electron chi connectivity index (χ2n) is 4.75. The van der Waals surface area contributed by atoms with Gasteiger partial charge in [-0.3, -0.25) is 11.3 Å². The van der Waals surface area contributed by atoms with Gasteiger partial charge >= 0.3 is 0 Å².